The predicted molar refractivity (Wildman–Crippen MR) is 84.7 cm³/mol. The Kier molecular flexibility index (Phi) is 2.55. The number of fused-ring (bicyclic) bond motifs is 1. The van der Waals surface area contributed by atoms with Crippen molar-refractivity contribution in [2.45, 2.75) is 70.0 Å². The summed E-state index contributed by atoms with van der Waals surface area (Å²) in [6.45, 7) is 2.50. The molecule has 0 radical (unpaired) electrons. The first-order chi connectivity index (χ1) is 10.4. The lowest BCUT2D eigenvalue weighted by Gasteiger charge is -2.80. The molecular formula is C18H28O3S. The normalized spacial score (nSPS) is 58.8. The summed E-state index contributed by atoms with van der Waals surface area (Å²) in [5.41, 5.74) is 1.68. The van der Waals surface area contributed by atoms with Crippen molar-refractivity contribution >= 4 is 10.1 Å². The van der Waals surface area contributed by atoms with Crippen molar-refractivity contribution in [2.24, 2.45) is 34.0 Å². The standard InChI is InChI=1S/C18H28O3S/c1-16(5-3-15(4-6-16)22(19,20)21-2)17-10-13-7-12-8-14(11-17)18(13,17)9-12/h12-15H,3-11H2,1-2H3. The maximum absolute atomic E-state index is 12.0. The van der Waals surface area contributed by atoms with Gasteiger partial charge in [-0.3, -0.25) is 4.18 Å². The van der Waals surface area contributed by atoms with Gasteiger partial charge in [-0.1, -0.05) is 6.92 Å². The second-order valence-electron chi connectivity index (χ2n) is 9.39. The molecule has 5 aliphatic carbocycles. The van der Waals surface area contributed by atoms with Gasteiger partial charge in [0.25, 0.3) is 10.1 Å². The average molecular weight is 324 g/mol. The molecule has 5 rings (SSSR count). The van der Waals surface area contributed by atoms with E-state index in [1.54, 1.807) is 0 Å². The van der Waals surface area contributed by atoms with Gasteiger partial charge in [0.05, 0.1) is 12.4 Å². The third-order valence-corrected chi connectivity index (χ3v) is 11.0. The van der Waals surface area contributed by atoms with E-state index in [2.05, 4.69) is 6.92 Å². The maximum atomic E-state index is 12.0. The summed E-state index contributed by atoms with van der Waals surface area (Å²) < 4.78 is 28.8. The van der Waals surface area contributed by atoms with Crippen LogP contribution in [0.1, 0.15) is 64.7 Å². The van der Waals surface area contributed by atoms with Crippen LogP contribution >= 0.6 is 0 Å². The van der Waals surface area contributed by atoms with Gasteiger partial charge in [-0.25, -0.2) is 0 Å². The summed E-state index contributed by atoms with van der Waals surface area (Å²) >= 11 is 0. The molecule has 0 aliphatic heterocycles. The highest BCUT2D eigenvalue weighted by Crippen LogP contribution is 2.91. The zero-order valence-electron chi connectivity index (χ0n) is 13.8. The zero-order chi connectivity index (χ0) is 15.4. The Morgan fingerprint density at radius 2 is 1.59 bits per heavy atom. The first-order valence-corrected chi connectivity index (χ1v) is 10.6. The summed E-state index contributed by atoms with van der Waals surface area (Å²) in [7, 11) is -2.01. The largest absolute Gasteiger partial charge is 0.273 e. The van der Waals surface area contributed by atoms with Crippen LogP contribution in [0.4, 0.5) is 0 Å². The summed E-state index contributed by atoms with van der Waals surface area (Å²) in [5.74, 6) is 3.10. The van der Waals surface area contributed by atoms with Gasteiger partial charge in [0, 0.05) is 0 Å². The Hall–Kier alpha value is -0.0900. The van der Waals surface area contributed by atoms with Crippen LogP contribution in [0.5, 0.6) is 0 Å². The van der Waals surface area contributed by atoms with Crippen LogP contribution in [0.15, 0.2) is 0 Å². The topological polar surface area (TPSA) is 43.4 Å². The highest BCUT2D eigenvalue weighted by molar-refractivity contribution is 7.87. The highest BCUT2D eigenvalue weighted by atomic mass is 32.2. The first kappa shape index (κ1) is 14.3. The van der Waals surface area contributed by atoms with Gasteiger partial charge >= 0.3 is 0 Å². The fourth-order valence-corrected chi connectivity index (χ4v) is 9.45. The van der Waals surface area contributed by atoms with Gasteiger partial charge in [0.15, 0.2) is 0 Å². The summed E-state index contributed by atoms with van der Waals surface area (Å²) in [4.78, 5) is 0. The Labute approximate surface area is 134 Å². The van der Waals surface area contributed by atoms with E-state index < -0.39 is 10.1 Å². The van der Waals surface area contributed by atoms with Gasteiger partial charge < -0.3 is 0 Å². The van der Waals surface area contributed by atoms with Crippen LogP contribution in [0.25, 0.3) is 0 Å². The molecule has 5 saturated carbocycles. The molecule has 3 nitrogen and oxygen atoms in total. The molecule has 2 bridgehead atoms. The van der Waals surface area contributed by atoms with Crippen molar-refractivity contribution in [3.05, 3.63) is 0 Å². The number of hydrogen-bond donors (Lipinski definition) is 0. The first-order valence-electron chi connectivity index (χ1n) is 9.16. The van der Waals surface area contributed by atoms with Crippen LogP contribution in [0.2, 0.25) is 0 Å². The molecule has 0 N–H and O–H groups in total. The molecule has 124 valence electrons. The second-order valence-corrected chi connectivity index (χ2v) is 11.4. The molecule has 0 heterocycles. The molecule has 0 aromatic heterocycles. The molecule has 0 amide bonds. The third kappa shape index (κ3) is 1.30. The fourth-order valence-electron chi connectivity index (χ4n) is 8.37. The molecule has 5 fully saturated rings. The Morgan fingerprint density at radius 3 is 2.09 bits per heavy atom. The minimum Gasteiger partial charge on any atom is -0.273 e. The molecule has 0 aromatic carbocycles. The molecule has 0 saturated heterocycles. The highest BCUT2D eigenvalue weighted by Gasteiger charge is 2.84. The summed E-state index contributed by atoms with van der Waals surface area (Å²) in [6, 6.07) is 0. The summed E-state index contributed by atoms with van der Waals surface area (Å²) in [5, 5.41) is -0.258. The Balaban J connectivity index is 1.40. The van der Waals surface area contributed by atoms with Gasteiger partial charge in [-0.05, 0) is 91.8 Å². The lowest BCUT2D eigenvalue weighted by atomic mass is 9.24. The molecule has 2 atom stereocenters. The van der Waals surface area contributed by atoms with E-state index in [0.717, 1.165) is 43.4 Å². The van der Waals surface area contributed by atoms with Crippen LogP contribution in [-0.4, -0.2) is 20.8 Å². The van der Waals surface area contributed by atoms with Crippen LogP contribution in [0.3, 0.4) is 0 Å². The molecule has 5 aliphatic rings. The van der Waals surface area contributed by atoms with E-state index in [1.807, 2.05) is 0 Å². The minimum atomic E-state index is -3.32. The second kappa shape index (κ2) is 3.93. The van der Waals surface area contributed by atoms with Gasteiger partial charge in [-0.2, -0.15) is 8.42 Å². The van der Waals surface area contributed by atoms with Crippen molar-refractivity contribution in [3.63, 3.8) is 0 Å². The average Bonchev–Trinajstić information content (AvgIpc) is 2.98. The predicted octanol–water partition coefficient (Wildman–Crippen LogP) is 3.74. The Bertz CT molecular complexity index is 598. The van der Waals surface area contributed by atoms with Gasteiger partial charge in [0.2, 0.25) is 0 Å². The van der Waals surface area contributed by atoms with E-state index in [1.165, 1.54) is 39.2 Å². The van der Waals surface area contributed by atoms with E-state index in [4.69, 9.17) is 4.18 Å². The Morgan fingerprint density at radius 1 is 1.00 bits per heavy atom. The van der Waals surface area contributed by atoms with Crippen molar-refractivity contribution in [1.29, 1.82) is 0 Å². The van der Waals surface area contributed by atoms with Gasteiger partial charge in [-0.15, -0.1) is 0 Å². The monoisotopic (exact) mass is 324 g/mol. The molecular weight excluding hydrogens is 296 g/mol. The maximum Gasteiger partial charge on any atom is 0.269 e. The van der Waals surface area contributed by atoms with E-state index in [0.29, 0.717) is 16.2 Å². The number of rotatable bonds is 3. The fraction of sp³-hybridized carbons (Fsp3) is 1.00. The quantitative estimate of drug-likeness (QED) is 0.743. The smallest absolute Gasteiger partial charge is 0.269 e. The molecule has 22 heavy (non-hydrogen) atoms. The lowest BCUT2D eigenvalue weighted by Crippen LogP contribution is -2.74. The molecule has 1 spiro atoms. The molecule has 2 unspecified atom stereocenters. The van der Waals surface area contributed by atoms with Crippen LogP contribution < -0.4 is 0 Å². The third-order valence-electron chi connectivity index (χ3n) is 9.23. The molecule has 4 heteroatoms. The van der Waals surface area contributed by atoms with Crippen molar-refractivity contribution in [2.75, 3.05) is 7.11 Å². The van der Waals surface area contributed by atoms with Gasteiger partial charge in [0.1, 0.15) is 0 Å². The van der Waals surface area contributed by atoms with Crippen molar-refractivity contribution in [1.82, 2.24) is 0 Å². The number of hydrogen-bond acceptors (Lipinski definition) is 3. The minimum absolute atomic E-state index is 0.258. The lowest BCUT2D eigenvalue weighted by molar-refractivity contribution is -0.320. The van der Waals surface area contributed by atoms with Crippen LogP contribution in [-0.2, 0) is 14.3 Å². The SMILES string of the molecule is COS(=O)(=O)C1CCC(C)(C23CC4CC5CC(C2)C43C5)CC1. The van der Waals surface area contributed by atoms with E-state index in [9.17, 15) is 8.42 Å². The van der Waals surface area contributed by atoms with Crippen molar-refractivity contribution in [3.8, 4) is 0 Å². The van der Waals surface area contributed by atoms with E-state index >= 15 is 0 Å². The van der Waals surface area contributed by atoms with Crippen molar-refractivity contribution < 1.29 is 12.6 Å². The molecule has 0 aromatic rings. The summed E-state index contributed by atoms with van der Waals surface area (Å²) in [6.07, 6.45) is 11.2. The van der Waals surface area contributed by atoms with Crippen LogP contribution in [0, 0.1) is 34.0 Å². The van der Waals surface area contributed by atoms with E-state index in [-0.39, 0.29) is 5.25 Å². The zero-order valence-corrected chi connectivity index (χ0v) is 14.6.